The molecule has 1 aromatic heterocycles. The van der Waals surface area contributed by atoms with Gasteiger partial charge in [-0.1, -0.05) is 13.8 Å². The standard InChI is InChI=1S/C10H16ClN3/c1-4-14(5-2)8(3)9-6-7-12-10(11)13-9/h6-8H,4-5H2,1-3H3. The van der Waals surface area contributed by atoms with Crippen LogP contribution in [0.1, 0.15) is 32.5 Å². The summed E-state index contributed by atoms with van der Waals surface area (Å²) < 4.78 is 0. The van der Waals surface area contributed by atoms with E-state index >= 15 is 0 Å². The van der Waals surface area contributed by atoms with Gasteiger partial charge in [0.05, 0.1) is 5.69 Å². The summed E-state index contributed by atoms with van der Waals surface area (Å²) in [5.74, 6) is 0. The fourth-order valence-electron chi connectivity index (χ4n) is 1.54. The van der Waals surface area contributed by atoms with E-state index < -0.39 is 0 Å². The summed E-state index contributed by atoms with van der Waals surface area (Å²) in [6, 6.07) is 2.21. The maximum Gasteiger partial charge on any atom is 0.222 e. The van der Waals surface area contributed by atoms with Crippen molar-refractivity contribution in [2.24, 2.45) is 0 Å². The van der Waals surface area contributed by atoms with Crippen molar-refractivity contribution in [3.05, 3.63) is 23.2 Å². The number of hydrogen-bond donors (Lipinski definition) is 0. The third-order valence-corrected chi connectivity index (χ3v) is 2.62. The molecule has 0 aromatic carbocycles. The molecular formula is C10H16ClN3. The lowest BCUT2D eigenvalue weighted by Crippen LogP contribution is -2.27. The number of halogens is 1. The summed E-state index contributed by atoms with van der Waals surface area (Å²) in [6.45, 7) is 8.44. The first-order valence-corrected chi connectivity index (χ1v) is 5.29. The minimum Gasteiger partial charge on any atom is -0.296 e. The van der Waals surface area contributed by atoms with Crippen LogP contribution in [-0.2, 0) is 0 Å². The smallest absolute Gasteiger partial charge is 0.222 e. The molecule has 1 rings (SSSR count). The van der Waals surface area contributed by atoms with Crippen molar-refractivity contribution in [2.75, 3.05) is 13.1 Å². The Labute approximate surface area is 90.1 Å². The van der Waals surface area contributed by atoms with Crippen molar-refractivity contribution in [2.45, 2.75) is 26.8 Å². The fourth-order valence-corrected chi connectivity index (χ4v) is 1.69. The predicted molar refractivity (Wildman–Crippen MR) is 58.4 cm³/mol. The minimum atomic E-state index is 0.297. The van der Waals surface area contributed by atoms with Crippen molar-refractivity contribution >= 4 is 11.6 Å². The van der Waals surface area contributed by atoms with Crippen LogP contribution in [0, 0.1) is 0 Å². The summed E-state index contributed by atoms with van der Waals surface area (Å²) >= 11 is 5.74. The van der Waals surface area contributed by atoms with Gasteiger partial charge in [0.2, 0.25) is 5.28 Å². The Morgan fingerprint density at radius 1 is 1.43 bits per heavy atom. The molecule has 78 valence electrons. The second-order valence-electron chi connectivity index (χ2n) is 3.15. The second-order valence-corrected chi connectivity index (χ2v) is 3.49. The number of rotatable bonds is 4. The first-order valence-electron chi connectivity index (χ1n) is 4.91. The van der Waals surface area contributed by atoms with Crippen LogP contribution in [0.5, 0.6) is 0 Å². The monoisotopic (exact) mass is 213 g/mol. The van der Waals surface area contributed by atoms with Crippen molar-refractivity contribution in [3.8, 4) is 0 Å². The highest BCUT2D eigenvalue weighted by Gasteiger charge is 2.13. The Hall–Kier alpha value is -0.670. The Bertz CT molecular complexity index is 286. The van der Waals surface area contributed by atoms with E-state index in [1.54, 1.807) is 6.20 Å². The molecule has 0 aliphatic carbocycles. The molecule has 4 heteroatoms. The quantitative estimate of drug-likeness (QED) is 0.720. The maximum atomic E-state index is 5.74. The van der Waals surface area contributed by atoms with Gasteiger partial charge in [-0.15, -0.1) is 0 Å². The molecule has 1 aromatic rings. The Balaban J connectivity index is 2.82. The Kier molecular flexibility index (Phi) is 4.29. The molecule has 3 nitrogen and oxygen atoms in total. The van der Waals surface area contributed by atoms with E-state index in [0.29, 0.717) is 11.3 Å². The van der Waals surface area contributed by atoms with Crippen molar-refractivity contribution < 1.29 is 0 Å². The highest BCUT2D eigenvalue weighted by atomic mass is 35.5. The van der Waals surface area contributed by atoms with Gasteiger partial charge in [0, 0.05) is 12.2 Å². The summed E-state index contributed by atoms with van der Waals surface area (Å²) in [5.41, 5.74) is 0.980. The van der Waals surface area contributed by atoms with E-state index in [0.717, 1.165) is 18.8 Å². The molecule has 0 aliphatic heterocycles. The molecule has 0 radical (unpaired) electrons. The molecule has 0 bridgehead atoms. The van der Waals surface area contributed by atoms with Crippen LogP contribution in [0.4, 0.5) is 0 Å². The van der Waals surface area contributed by atoms with Crippen molar-refractivity contribution in [1.29, 1.82) is 0 Å². The first-order chi connectivity index (χ1) is 6.69. The van der Waals surface area contributed by atoms with Gasteiger partial charge in [-0.3, -0.25) is 4.90 Å². The van der Waals surface area contributed by atoms with Crippen LogP contribution < -0.4 is 0 Å². The maximum absolute atomic E-state index is 5.74. The summed E-state index contributed by atoms with van der Waals surface area (Å²) in [4.78, 5) is 10.4. The zero-order chi connectivity index (χ0) is 10.6. The Morgan fingerprint density at radius 3 is 2.57 bits per heavy atom. The Morgan fingerprint density at radius 2 is 2.07 bits per heavy atom. The number of hydrogen-bond acceptors (Lipinski definition) is 3. The third kappa shape index (κ3) is 2.66. The lowest BCUT2D eigenvalue weighted by Gasteiger charge is -2.25. The molecule has 0 saturated heterocycles. The zero-order valence-electron chi connectivity index (χ0n) is 8.87. The molecule has 0 spiro atoms. The van der Waals surface area contributed by atoms with E-state index in [4.69, 9.17) is 11.6 Å². The summed E-state index contributed by atoms with van der Waals surface area (Å²) in [5, 5.41) is 0.321. The van der Waals surface area contributed by atoms with Crippen LogP contribution in [-0.4, -0.2) is 28.0 Å². The molecule has 0 saturated carbocycles. The average Bonchev–Trinajstić information content (AvgIpc) is 2.19. The van der Waals surface area contributed by atoms with Crippen LogP contribution in [0.15, 0.2) is 12.3 Å². The van der Waals surface area contributed by atoms with Crippen molar-refractivity contribution in [1.82, 2.24) is 14.9 Å². The molecule has 1 heterocycles. The zero-order valence-corrected chi connectivity index (χ0v) is 9.62. The molecule has 14 heavy (non-hydrogen) atoms. The highest BCUT2D eigenvalue weighted by Crippen LogP contribution is 2.17. The number of aromatic nitrogens is 2. The van der Waals surface area contributed by atoms with Gasteiger partial charge < -0.3 is 0 Å². The molecule has 1 unspecified atom stereocenters. The van der Waals surface area contributed by atoms with Gasteiger partial charge in [-0.2, -0.15) is 0 Å². The van der Waals surface area contributed by atoms with Gasteiger partial charge >= 0.3 is 0 Å². The van der Waals surface area contributed by atoms with E-state index in [1.165, 1.54) is 0 Å². The lowest BCUT2D eigenvalue weighted by atomic mass is 10.2. The van der Waals surface area contributed by atoms with Gasteiger partial charge in [0.1, 0.15) is 0 Å². The summed E-state index contributed by atoms with van der Waals surface area (Å²) in [7, 11) is 0. The van der Waals surface area contributed by atoms with Crippen LogP contribution in [0.25, 0.3) is 0 Å². The molecule has 0 aliphatic rings. The van der Waals surface area contributed by atoms with E-state index in [9.17, 15) is 0 Å². The molecule has 0 N–H and O–H groups in total. The molecule has 1 atom stereocenters. The van der Waals surface area contributed by atoms with Crippen LogP contribution in [0.3, 0.4) is 0 Å². The van der Waals surface area contributed by atoms with Gasteiger partial charge in [-0.25, -0.2) is 9.97 Å². The van der Waals surface area contributed by atoms with E-state index in [2.05, 4.69) is 35.6 Å². The average molecular weight is 214 g/mol. The predicted octanol–water partition coefficient (Wildman–Crippen LogP) is 2.53. The normalized spacial score (nSPS) is 13.2. The lowest BCUT2D eigenvalue weighted by molar-refractivity contribution is 0.230. The molecule has 0 amide bonds. The van der Waals surface area contributed by atoms with Crippen LogP contribution in [0.2, 0.25) is 5.28 Å². The van der Waals surface area contributed by atoms with Gasteiger partial charge in [0.25, 0.3) is 0 Å². The largest absolute Gasteiger partial charge is 0.296 e. The molecular weight excluding hydrogens is 198 g/mol. The van der Waals surface area contributed by atoms with E-state index in [1.807, 2.05) is 6.07 Å². The minimum absolute atomic E-state index is 0.297. The summed E-state index contributed by atoms with van der Waals surface area (Å²) in [6.07, 6.45) is 1.70. The van der Waals surface area contributed by atoms with Crippen molar-refractivity contribution in [3.63, 3.8) is 0 Å². The highest BCUT2D eigenvalue weighted by molar-refractivity contribution is 6.28. The fraction of sp³-hybridized carbons (Fsp3) is 0.600. The first kappa shape index (κ1) is 11.4. The number of nitrogens with zero attached hydrogens (tertiary/aromatic N) is 3. The third-order valence-electron chi connectivity index (χ3n) is 2.44. The molecule has 0 fully saturated rings. The van der Waals surface area contributed by atoms with Gasteiger partial charge in [-0.05, 0) is 37.7 Å². The van der Waals surface area contributed by atoms with E-state index in [-0.39, 0.29) is 0 Å². The van der Waals surface area contributed by atoms with Gasteiger partial charge in [0.15, 0.2) is 0 Å². The topological polar surface area (TPSA) is 29.0 Å². The second kappa shape index (κ2) is 5.27. The SMILES string of the molecule is CCN(CC)C(C)c1ccnc(Cl)n1. The van der Waals surface area contributed by atoms with Crippen LogP contribution >= 0.6 is 11.6 Å².